The van der Waals surface area contributed by atoms with Crippen LogP contribution in [0.2, 0.25) is 0 Å². The molecule has 186 valence electrons. The summed E-state index contributed by atoms with van der Waals surface area (Å²) < 4.78 is 17.2. The van der Waals surface area contributed by atoms with Crippen molar-refractivity contribution in [1.82, 2.24) is 0 Å². The summed E-state index contributed by atoms with van der Waals surface area (Å²) in [5.41, 5.74) is 11.8. The van der Waals surface area contributed by atoms with Crippen LogP contribution in [0.15, 0.2) is 76.5 Å². The Morgan fingerprint density at radius 1 is 1.03 bits per heavy atom. The number of allylic oxidation sites excluding steroid dienone is 1. The van der Waals surface area contributed by atoms with Crippen LogP contribution in [0.25, 0.3) is 11.0 Å². The first kappa shape index (κ1) is 24.2. The molecular formula is C31H28N2O4. The van der Waals surface area contributed by atoms with E-state index in [1.807, 2.05) is 44.2 Å². The van der Waals surface area contributed by atoms with Crippen LogP contribution in [0.1, 0.15) is 65.1 Å². The van der Waals surface area contributed by atoms with Gasteiger partial charge in [-0.2, -0.15) is 5.26 Å². The summed E-state index contributed by atoms with van der Waals surface area (Å²) in [5, 5.41) is 10.7. The molecule has 5 rings (SSSR count). The van der Waals surface area contributed by atoms with Crippen molar-refractivity contribution in [1.29, 1.82) is 5.26 Å². The molecule has 1 unspecified atom stereocenters. The molecule has 0 fully saturated rings. The van der Waals surface area contributed by atoms with E-state index < -0.39 is 11.9 Å². The summed E-state index contributed by atoms with van der Waals surface area (Å²) in [6.45, 7) is 10.3. The molecular weight excluding hydrogens is 464 g/mol. The largest absolute Gasteiger partial charge is 0.449 e. The molecule has 1 aliphatic rings. The maximum Gasteiger partial charge on any atom is 0.379 e. The lowest BCUT2D eigenvalue weighted by atomic mass is 9.81. The van der Waals surface area contributed by atoms with Gasteiger partial charge in [-0.3, -0.25) is 0 Å². The summed E-state index contributed by atoms with van der Waals surface area (Å²) >= 11 is 0. The Morgan fingerprint density at radius 3 is 2.43 bits per heavy atom. The number of carbonyl (C=O) groups excluding carboxylic acids is 1. The molecule has 6 nitrogen and oxygen atoms in total. The second-order valence-electron chi connectivity index (χ2n) is 10.4. The molecule has 0 radical (unpaired) electrons. The highest BCUT2D eigenvalue weighted by Gasteiger charge is 2.31. The van der Waals surface area contributed by atoms with Gasteiger partial charge in [0.1, 0.15) is 28.7 Å². The fourth-order valence-corrected chi connectivity index (χ4v) is 4.70. The van der Waals surface area contributed by atoms with Gasteiger partial charge in [0.25, 0.3) is 0 Å². The lowest BCUT2D eigenvalue weighted by Crippen LogP contribution is -2.21. The minimum absolute atomic E-state index is 0.00877. The van der Waals surface area contributed by atoms with E-state index >= 15 is 0 Å². The van der Waals surface area contributed by atoms with Crippen molar-refractivity contribution < 1.29 is 18.7 Å². The Kier molecular flexibility index (Phi) is 5.80. The molecule has 2 N–H and O–H groups in total. The smallest absolute Gasteiger partial charge is 0.379 e. The van der Waals surface area contributed by atoms with Gasteiger partial charge < -0.3 is 19.6 Å². The summed E-state index contributed by atoms with van der Waals surface area (Å²) in [4.78, 5) is 13.0. The number of aryl methyl sites for hydroxylation is 2. The highest BCUT2D eigenvalue weighted by Crippen LogP contribution is 2.44. The van der Waals surface area contributed by atoms with E-state index in [1.165, 1.54) is 5.56 Å². The molecule has 0 bridgehead atoms. The Morgan fingerprint density at radius 2 is 1.76 bits per heavy atom. The number of hydrogen-bond acceptors (Lipinski definition) is 6. The Bertz CT molecular complexity index is 1610. The lowest BCUT2D eigenvalue weighted by molar-refractivity contribution is 0.0702. The second kappa shape index (κ2) is 8.86. The highest BCUT2D eigenvalue weighted by atomic mass is 16.5. The first-order chi connectivity index (χ1) is 17.6. The molecule has 6 heteroatoms. The first-order valence-electron chi connectivity index (χ1n) is 12.1. The zero-order valence-corrected chi connectivity index (χ0v) is 21.5. The fourth-order valence-electron chi connectivity index (χ4n) is 4.70. The zero-order valence-electron chi connectivity index (χ0n) is 21.5. The zero-order chi connectivity index (χ0) is 26.5. The van der Waals surface area contributed by atoms with Crippen molar-refractivity contribution >= 4 is 16.9 Å². The molecule has 1 atom stereocenters. The van der Waals surface area contributed by atoms with E-state index in [-0.39, 0.29) is 22.8 Å². The van der Waals surface area contributed by atoms with Crippen molar-refractivity contribution in [3.63, 3.8) is 0 Å². The number of carbonyl (C=O) groups is 1. The molecule has 0 saturated carbocycles. The minimum atomic E-state index is -0.599. The van der Waals surface area contributed by atoms with Gasteiger partial charge >= 0.3 is 5.97 Å². The lowest BCUT2D eigenvalue weighted by Gasteiger charge is -2.27. The summed E-state index contributed by atoms with van der Waals surface area (Å²) in [6.07, 6.45) is 0. The molecule has 1 aliphatic heterocycles. The molecule has 2 heterocycles. The summed E-state index contributed by atoms with van der Waals surface area (Å²) in [6, 6.07) is 21.3. The van der Waals surface area contributed by atoms with Crippen molar-refractivity contribution in [2.75, 3.05) is 0 Å². The van der Waals surface area contributed by atoms with Crippen LogP contribution in [0, 0.1) is 25.2 Å². The van der Waals surface area contributed by atoms with Crippen LogP contribution in [0.3, 0.4) is 0 Å². The Hall–Kier alpha value is -4.50. The minimum Gasteiger partial charge on any atom is -0.449 e. The van der Waals surface area contributed by atoms with Crippen LogP contribution in [0.4, 0.5) is 0 Å². The molecule has 1 aromatic heterocycles. The van der Waals surface area contributed by atoms with Gasteiger partial charge in [0.05, 0.1) is 5.92 Å². The van der Waals surface area contributed by atoms with Crippen molar-refractivity contribution in [2.45, 2.75) is 46.0 Å². The molecule has 0 saturated heterocycles. The number of ether oxygens (including phenoxy) is 2. The Labute approximate surface area is 215 Å². The molecule has 0 amide bonds. The number of benzene rings is 3. The number of nitrogens with two attached hydrogens (primary N) is 1. The average molecular weight is 493 g/mol. The van der Waals surface area contributed by atoms with Gasteiger partial charge in [-0.05, 0) is 48.6 Å². The van der Waals surface area contributed by atoms with E-state index in [4.69, 9.17) is 19.6 Å². The van der Waals surface area contributed by atoms with Crippen LogP contribution < -0.4 is 15.2 Å². The second-order valence-corrected chi connectivity index (χ2v) is 10.4. The average Bonchev–Trinajstić information content (AvgIpc) is 3.18. The third kappa shape index (κ3) is 4.34. The van der Waals surface area contributed by atoms with Gasteiger partial charge in [0, 0.05) is 22.6 Å². The standard InChI is InChI=1S/C31H28N2O4/c1-17-6-13-25-23(14-17)18(2)28(36-25)30(34)35-21-11-12-22-26(15-21)37-29(33)24(16-32)27(22)19-7-9-20(10-8-19)31(3,4)5/h6-15,27H,33H2,1-5H3. The molecule has 4 aromatic rings. The normalized spacial score (nSPS) is 15.2. The molecule has 0 spiro atoms. The van der Waals surface area contributed by atoms with Gasteiger partial charge in [-0.15, -0.1) is 0 Å². The first-order valence-corrected chi connectivity index (χ1v) is 12.1. The van der Waals surface area contributed by atoms with E-state index in [0.29, 0.717) is 16.9 Å². The van der Waals surface area contributed by atoms with E-state index in [2.05, 4.69) is 39.0 Å². The third-order valence-electron chi connectivity index (χ3n) is 6.79. The summed E-state index contributed by atoms with van der Waals surface area (Å²) in [7, 11) is 0. The number of rotatable bonds is 3. The number of esters is 1. The quantitative estimate of drug-likeness (QED) is 0.250. The predicted molar refractivity (Wildman–Crippen MR) is 142 cm³/mol. The van der Waals surface area contributed by atoms with Crippen LogP contribution in [-0.2, 0) is 5.41 Å². The van der Waals surface area contributed by atoms with Gasteiger partial charge in [0.15, 0.2) is 0 Å². The SMILES string of the molecule is Cc1ccc2oc(C(=O)Oc3ccc4c(c3)OC(N)=C(C#N)C4c3ccc(C(C)(C)C)cc3)c(C)c2c1. The summed E-state index contributed by atoms with van der Waals surface area (Å²) in [5.74, 6) is -0.0846. The van der Waals surface area contributed by atoms with Crippen molar-refractivity contribution in [3.05, 3.63) is 106 Å². The molecule has 3 aromatic carbocycles. The number of nitrogens with zero attached hydrogens (tertiary/aromatic N) is 1. The van der Waals surface area contributed by atoms with E-state index in [9.17, 15) is 10.1 Å². The van der Waals surface area contributed by atoms with Crippen LogP contribution >= 0.6 is 0 Å². The topological polar surface area (TPSA) is 98.5 Å². The number of furan rings is 1. The van der Waals surface area contributed by atoms with E-state index in [0.717, 1.165) is 27.6 Å². The van der Waals surface area contributed by atoms with Gasteiger partial charge in [-0.25, -0.2) is 4.79 Å². The predicted octanol–water partition coefficient (Wildman–Crippen LogP) is 6.78. The maximum atomic E-state index is 13.0. The fraction of sp³-hybridized carbons (Fsp3) is 0.226. The van der Waals surface area contributed by atoms with Gasteiger partial charge in [-0.1, -0.05) is 62.7 Å². The monoisotopic (exact) mass is 492 g/mol. The van der Waals surface area contributed by atoms with E-state index in [1.54, 1.807) is 18.2 Å². The third-order valence-corrected chi connectivity index (χ3v) is 6.79. The maximum absolute atomic E-state index is 13.0. The number of fused-ring (bicyclic) bond motifs is 2. The van der Waals surface area contributed by atoms with Crippen LogP contribution in [-0.4, -0.2) is 5.97 Å². The van der Waals surface area contributed by atoms with Crippen LogP contribution in [0.5, 0.6) is 11.5 Å². The Balaban J connectivity index is 1.48. The van der Waals surface area contributed by atoms with Crippen molar-refractivity contribution in [3.8, 4) is 17.6 Å². The molecule has 37 heavy (non-hydrogen) atoms. The van der Waals surface area contributed by atoms with Crippen molar-refractivity contribution in [2.24, 2.45) is 5.73 Å². The highest BCUT2D eigenvalue weighted by molar-refractivity contribution is 5.97. The number of hydrogen-bond donors (Lipinski definition) is 1. The van der Waals surface area contributed by atoms with Gasteiger partial charge in [0.2, 0.25) is 11.6 Å². The number of nitriles is 1. The molecule has 0 aliphatic carbocycles.